The molecule has 7 nitrogen and oxygen atoms in total. The van der Waals surface area contributed by atoms with Crippen LogP contribution >= 0.6 is 0 Å². The van der Waals surface area contributed by atoms with E-state index >= 15 is 0 Å². The number of hydrogen-bond donors (Lipinski definition) is 1. The minimum Gasteiger partial charge on any atom is -0.367 e. The summed E-state index contributed by atoms with van der Waals surface area (Å²) in [4.78, 5) is 11.3. The van der Waals surface area contributed by atoms with Gasteiger partial charge in [0.2, 0.25) is 0 Å². The van der Waals surface area contributed by atoms with Crippen molar-refractivity contribution >= 4 is 11.0 Å². The average Bonchev–Trinajstić information content (AvgIpc) is 3.17. The Hall–Kier alpha value is -2.32. The molecule has 1 aliphatic rings. The Morgan fingerprint density at radius 1 is 1.36 bits per heavy atom. The van der Waals surface area contributed by atoms with Gasteiger partial charge in [-0.2, -0.15) is 5.10 Å². The number of aryl methyl sites for hydroxylation is 2. The first-order chi connectivity index (χ1) is 12.1. The van der Waals surface area contributed by atoms with Crippen molar-refractivity contribution < 1.29 is 9.13 Å². The molecule has 0 bridgehead atoms. The summed E-state index contributed by atoms with van der Waals surface area (Å²) in [6.07, 6.45) is -0.143. The zero-order valence-corrected chi connectivity index (χ0v) is 14.4. The summed E-state index contributed by atoms with van der Waals surface area (Å²) in [7, 11) is 0. The lowest BCUT2D eigenvalue weighted by molar-refractivity contribution is -0.0380. The number of halogens is 1. The molecule has 0 unspecified atom stereocenters. The maximum atomic E-state index is 13.5. The smallest absolute Gasteiger partial charge is 0.180 e. The van der Waals surface area contributed by atoms with Gasteiger partial charge in [-0.05, 0) is 26.0 Å². The number of aromatic amines is 1. The van der Waals surface area contributed by atoms with E-state index in [9.17, 15) is 4.39 Å². The number of fused-ring (bicyclic) bond motifs is 1. The molecule has 0 spiro atoms. The third-order valence-corrected chi connectivity index (χ3v) is 4.52. The first kappa shape index (κ1) is 16.2. The standard InChI is InChI=1S/C17H21FN6O/c1-3-24-14-5-4-12(18)8-13(14)20-16(24)10-23-6-7-25-15(9-23)17-19-11(2)21-22-17/h4-5,8,15H,3,6-7,9-10H2,1-2H3,(H,19,21,22)/t15-/m0/s1. The van der Waals surface area contributed by atoms with Crippen LogP contribution in [0.1, 0.15) is 30.5 Å². The van der Waals surface area contributed by atoms with Crippen molar-refractivity contribution in [2.45, 2.75) is 33.0 Å². The van der Waals surface area contributed by atoms with E-state index in [-0.39, 0.29) is 11.9 Å². The van der Waals surface area contributed by atoms with Crippen LogP contribution in [0.5, 0.6) is 0 Å². The van der Waals surface area contributed by atoms with E-state index in [1.807, 2.05) is 6.92 Å². The Bertz CT molecular complexity index is 889. The molecule has 0 radical (unpaired) electrons. The van der Waals surface area contributed by atoms with Gasteiger partial charge in [-0.3, -0.25) is 10.00 Å². The van der Waals surface area contributed by atoms with Crippen LogP contribution in [-0.2, 0) is 17.8 Å². The number of H-pyrrole nitrogens is 1. The van der Waals surface area contributed by atoms with Gasteiger partial charge in [0.05, 0.1) is 24.2 Å². The summed E-state index contributed by atoms with van der Waals surface area (Å²) in [5, 5.41) is 7.07. The number of rotatable bonds is 4. The van der Waals surface area contributed by atoms with Crippen molar-refractivity contribution in [3.05, 3.63) is 41.5 Å². The molecule has 25 heavy (non-hydrogen) atoms. The van der Waals surface area contributed by atoms with Gasteiger partial charge in [0, 0.05) is 25.7 Å². The van der Waals surface area contributed by atoms with Gasteiger partial charge < -0.3 is 9.30 Å². The van der Waals surface area contributed by atoms with Gasteiger partial charge in [-0.15, -0.1) is 0 Å². The van der Waals surface area contributed by atoms with Crippen molar-refractivity contribution in [1.29, 1.82) is 0 Å². The predicted molar refractivity (Wildman–Crippen MR) is 90.5 cm³/mol. The predicted octanol–water partition coefficient (Wildman–Crippen LogP) is 2.20. The lowest BCUT2D eigenvalue weighted by atomic mass is 10.2. The first-order valence-electron chi connectivity index (χ1n) is 8.51. The lowest BCUT2D eigenvalue weighted by Crippen LogP contribution is -2.38. The molecule has 1 aliphatic heterocycles. The Balaban J connectivity index is 1.56. The highest BCUT2D eigenvalue weighted by Crippen LogP contribution is 2.23. The minimum absolute atomic E-state index is 0.143. The molecule has 0 amide bonds. The quantitative estimate of drug-likeness (QED) is 0.785. The minimum atomic E-state index is -0.258. The fourth-order valence-electron chi connectivity index (χ4n) is 3.33. The third-order valence-electron chi connectivity index (χ3n) is 4.52. The number of nitrogens with one attached hydrogen (secondary N) is 1. The first-order valence-corrected chi connectivity index (χ1v) is 8.51. The number of ether oxygens (including phenoxy) is 1. The Labute approximate surface area is 144 Å². The van der Waals surface area contributed by atoms with E-state index in [2.05, 4.69) is 36.6 Å². The highest BCUT2D eigenvalue weighted by molar-refractivity contribution is 5.76. The van der Waals surface area contributed by atoms with Crippen LogP contribution in [0, 0.1) is 12.7 Å². The maximum Gasteiger partial charge on any atom is 0.180 e. The average molecular weight is 344 g/mol. The molecule has 1 aromatic carbocycles. The molecule has 4 rings (SSSR count). The van der Waals surface area contributed by atoms with Gasteiger partial charge >= 0.3 is 0 Å². The molecule has 8 heteroatoms. The highest BCUT2D eigenvalue weighted by atomic mass is 19.1. The van der Waals surface area contributed by atoms with Crippen LogP contribution in [0.2, 0.25) is 0 Å². The summed E-state index contributed by atoms with van der Waals surface area (Å²) in [5.41, 5.74) is 1.67. The Kier molecular flexibility index (Phi) is 4.22. The van der Waals surface area contributed by atoms with E-state index in [4.69, 9.17) is 4.74 Å². The summed E-state index contributed by atoms with van der Waals surface area (Å²) < 4.78 is 21.4. The number of imidazole rings is 1. The van der Waals surface area contributed by atoms with Gasteiger partial charge in [0.15, 0.2) is 5.82 Å². The van der Waals surface area contributed by atoms with Crippen LogP contribution in [0.25, 0.3) is 11.0 Å². The number of nitrogens with zero attached hydrogens (tertiary/aromatic N) is 5. The van der Waals surface area contributed by atoms with Crippen LogP contribution in [0.15, 0.2) is 18.2 Å². The molecule has 1 saturated heterocycles. The third kappa shape index (κ3) is 3.14. The molecule has 1 atom stereocenters. The number of aromatic nitrogens is 5. The number of morpholine rings is 1. The zero-order chi connectivity index (χ0) is 17.4. The second-order valence-corrected chi connectivity index (χ2v) is 6.28. The van der Waals surface area contributed by atoms with E-state index in [1.54, 1.807) is 6.07 Å². The zero-order valence-electron chi connectivity index (χ0n) is 14.4. The molecular weight excluding hydrogens is 323 g/mol. The van der Waals surface area contributed by atoms with E-state index in [1.165, 1.54) is 12.1 Å². The summed E-state index contributed by atoms with van der Waals surface area (Å²) in [5.74, 6) is 2.15. The second kappa shape index (κ2) is 6.53. The topological polar surface area (TPSA) is 71.9 Å². The number of hydrogen-bond acceptors (Lipinski definition) is 5. The molecule has 132 valence electrons. The lowest BCUT2D eigenvalue weighted by Gasteiger charge is -2.31. The van der Waals surface area contributed by atoms with Crippen molar-refractivity contribution in [1.82, 2.24) is 29.6 Å². The molecule has 3 aromatic rings. The summed E-state index contributed by atoms with van der Waals surface area (Å²) >= 11 is 0. The molecule has 0 saturated carbocycles. The molecule has 0 aliphatic carbocycles. The van der Waals surface area contributed by atoms with Gasteiger partial charge in [-0.25, -0.2) is 14.4 Å². The van der Waals surface area contributed by atoms with Crippen LogP contribution in [0.4, 0.5) is 4.39 Å². The molecule has 3 heterocycles. The number of benzene rings is 1. The van der Waals surface area contributed by atoms with Gasteiger partial charge in [0.25, 0.3) is 0 Å². The van der Waals surface area contributed by atoms with Crippen LogP contribution < -0.4 is 0 Å². The normalized spacial score (nSPS) is 18.9. The fourth-order valence-corrected chi connectivity index (χ4v) is 3.33. The molecule has 1 fully saturated rings. The van der Waals surface area contributed by atoms with Gasteiger partial charge in [0.1, 0.15) is 23.6 Å². The molecular formula is C17H21FN6O. The van der Waals surface area contributed by atoms with Crippen molar-refractivity contribution in [3.8, 4) is 0 Å². The Morgan fingerprint density at radius 3 is 3.00 bits per heavy atom. The van der Waals surface area contributed by atoms with Crippen molar-refractivity contribution in [3.63, 3.8) is 0 Å². The summed E-state index contributed by atoms with van der Waals surface area (Å²) in [6, 6.07) is 4.77. The fraction of sp³-hybridized carbons (Fsp3) is 0.471. The molecule has 1 N–H and O–H groups in total. The highest BCUT2D eigenvalue weighted by Gasteiger charge is 2.26. The van der Waals surface area contributed by atoms with E-state index in [0.29, 0.717) is 31.0 Å². The maximum absolute atomic E-state index is 13.5. The Morgan fingerprint density at radius 2 is 2.24 bits per heavy atom. The summed E-state index contributed by atoms with van der Waals surface area (Å²) in [6.45, 7) is 7.59. The molecule has 2 aromatic heterocycles. The van der Waals surface area contributed by atoms with E-state index < -0.39 is 0 Å². The van der Waals surface area contributed by atoms with E-state index in [0.717, 1.165) is 30.3 Å². The largest absolute Gasteiger partial charge is 0.367 e. The van der Waals surface area contributed by atoms with Crippen molar-refractivity contribution in [2.75, 3.05) is 19.7 Å². The SMILES string of the molecule is CCn1c(CN2CCO[C@H](c3n[nH]c(C)n3)C2)nc2cc(F)ccc21. The van der Waals surface area contributed by atoms with Gasteiger partial charge in [-0.1, -0.05) is 0 Å². The van der Waals surface area contributed by atoms with Crippen LogP contribution in [0.3, 0.4) is 0 Å². The van der Waals surface area contributed by atoms with Crippen molar-refractivity contribution in [2.24, 2.45) is 0 Å². The van der Waals surface area contributed by atoms with Crippen LogP contribution in [-0.4, -0.2) is 49.3 Å². The monoisotopic (exact) mass is 344 g/mol. The second-order valence-electron chi connectivity index (χ2n) is 6.28.